The summed E-state index contributed by atoms with van der Waals surface area (Å²) in [4.78, 5) is 86.9. The molecule has 0 bridgehead atoms. The van der Waals surface area contributed by atoms with Crippen molar-refractivity contribution in [2.45, 2.75) is 79.1 Å². The number of nitriles is 1. The van der Waals surface area contributed by atoms with E-state index < -0.39 is 34.2 Å². The second-order valence-corrected chi connectivity index (χ2v) is 18.5. The van der Waals surface area contributed by atoms with Gasteiger partial charge in [0.2, 0.25) is 0 Å². The molecule has 0 spiro atoms. The number of aromatic nitrogens is 2. The molecule has 0 saturated heterocycles. The highest BCUT2D eigenvalue weighted by Gasteiger charge is 2.30. The molecule has 56 heavy (non-hydrogen) atoms. The summed E-state index contributed by atoms with van der Waals surface area (Å²) in [5.41, 5.74) is -3.29. The van der Waals surface area contributed by atoms with Crippen LogP contribution in [-0.4, -0.2) is 34.3 Å². The van der Waals surface area contributed by atoms with Crippen molar-refractivity contribution in [1.29, 1.82) is 5.26 Å². The average Bonchev–Trinajstić information content (AvgIpc) is 3.82. The predicted octanol–water partition coefficient (Wildman–Crippen LogP) is 6.48. The Morgan fingerprint density at radius 2 is 1.04 bits per heavy atom. The van der Waals surface area contributed by atoms with Crippen LogP contribution >= 0.6 is 45.3 Å². The van der Waals surface area contributed by atoms with Gasteiger partial charge in [-0.2, -0.15) is 5.26 Å². The molecule has 16 heteroatoms. The Morgan fingerprint density at radius 3 is 1.38 bits per heavy atom. The number of carbonyl (C=O) groups is 2. The molecule has 0 N–H and O–H groups in total. The first-order valence-electron chi connectivity index (χ1n) is 18.6. The van der Waals surface area contributed by atoms with E-state index in [0.717, 1.165) is 106 Å². The van der Waals surface area contributed by atoms with E-state index in [1.165, 1.54) is 14.1 Å². The van der Waals surface area contributed by atoms with E-state index in [2.05, 4.69) is 18.7 Å². The van der Waals surface area contributed by atoms with Crippen LogP contribution in [0.25, 0.3) is 67.2 Å². The number of carbonyl (C=O) groups excluding carboxylic acids is 2. The zero-order valence-electron chi connectivity index (χ0n) is 31.9. The Bertz CT molecular complexity index is 2680. The van der Waals surface area contributed by atoms with E-state index in [1.54, 1.807) is 0 Å². The van der Waals surface area contributed by atoms with Gasteiger partial charge in [-0.15, -0.1) is 45.3 Å². The molecule has 0 aliphatic heterocycles. The van der Waals surface area contributed by atoms with Gasteiger partial charge in [-0.1, -0.05) is 66.2 Å². The van der Waals surface area contributed by atoms with Crippen LogP contribution < -0.4 is 29.9 Å². The van der Waals surface area contributed by atoms with Gasteiger partial charge in [-0.25, -0.2) is 9.64 Å². The molecule has 0 fully saturated rings. The SMILES string of the molecule is [C-]#[N+]C(C(=O)OCC(CC)CCCC)=c1sc2c(s1)c1c(=O)n(C)c(=O)c3c4sc(=C(C#N)C(=O)OCC(CC)CCCC)sc4c4c(=O)n(C)c(=O)c2c4c31. The standard InChI is InChI=1S/C40H40N4O8S4/c1-8-12-14-19(10-3)17-51-37(49)21(16-41)39-53-29-24-22-23-25(30(29)54-39)34(46)44(7)36(48)27(23)32-31(26(22)35(47)43(6)33(24)45)55-40(56-32)28(42-5)38(50)52-18-20(11-4)15-13-9-2/h19-20H,8-15,17-18H2,1-4,6-7H3. The Balaban J connectivity index is 1.69. The van der Waals surface area contributed by atoms with Crippen LogP contribution in [0.2, 0.25) is 0 Å². The van der Waals surface area contributed by atoms with Crippen LogP contribution in [0, 0.1) is 29.7 Å². The van der Waals surface area contributed by atoms with Gasteiger partial charge < -0.3 is 9.47 Å². The lowest BCUT2D eigenvalue weighted by Crippen LogP contribution is -2.33. The molecular formula is C40H40N4O8S4. The van der Waals surface area contributed by atoms with E-state index in [0.29, 0.717) is 0 Å². The molecule has 2 aromatic carbocycles. The second-order valence-electron chi connectivity index (χ2n) is 13.9. The summed E-state index contributed by atoms with van der Waals surface area (Å²) in [7, 11) is 2.66. The maximum absolute atomic E-state index is 14.1. The molecular weight excluding hydrogens is 793 g/mol. The van der Waals surface area contributed by atoms with Gasteiger partial charge in [0, 0.05) is 24.9 Å². The minimum atomic E-state index is -0.817. The monoisotopic (exact) mass is 832 g/mol. The van der Waals surface area contributed by atoms with E-state index >= 15 is 0 Å². The van der Waals surface area contributed by atoms with Gasteiger partial charge >= 0.3 is 11.9 Å². The number of pyridine rings is 2. The first-order valence-corrected chi connectivity index (χ1v) is 21.8. The van der Waals surface area contributed by atoms with Gasteiger partial charge in [-0.05, 0) is 24.7 Å². The summed E-state index contributed by atoms with van der Waals surface area (Å²) in [5.74, 6) is -1.36. The van der Waals surface area contributed by atoms with Gasteiger partial charge in [0.05, 0.1) is 64.0 Å². The molecule has 12 nitrogen and oxygen atoms in total. The maximum Gasteiger partial charge on any atom is 0.351 e. The number of fused-ring (bicyclic) bond motifs is 6. The highest BCUT2D eigenvalue weighted by Crippen LogP contribution is 2.44. The molecule has 0 saturated carbocycles. The number of rotatable bonds is 14. The Kier molecular flexibility index (Phi) is 12.3. The Labute approximate surface area is 336 Å². The lowest BCUT2D eigenvalue weighted by atomic mass is 9.96. The van der Waals surface area contributed by atoms with E-state index in [9.17, 15) is 34.0 Å². The third-order valence-corrected chi connectivity index (χ3v) is 15.7. The normalized spacial score (nSPS) is 12.7. The van der Waals surface area contributed by atoms with Gasteiger partial charge in [0.15, 0.2) is 5.57 Å². The van der Waals surface area contributed by atoms with E-state index in [4.69, 9.17) is 16.0 Å². The van der Waals surface area contributed by atoms with E-state index in [1.807, 2.05) is 19.9 Å². The highest BCUT2D eigenvalue weighted by molar-refractivity contribution is 7.38. The largest absolute Gasteiger partial charge is 0.470 e. The maximum atomic E-state index is 14.1. The molecule has 0 aliphatic carbocycles. The minimum absolute atomic E-state index is 0.0550. The van der Waals surface area contributed by atoms with Crippen molar-refractivity contribution in [2.24, 2.45) is 25.9 Å². The zero-order valence-corrected chi connectivity index (χ0v) is 35.2. The van der Waals surface area contributed by atoms with Gasteiger partial charge in [0.1, 0.15) is 9.92 Å². The lowest BCUT2D eigenvalue weighted by molar-refractivity contribution is -0.138. The minimum Gasteiger partial charge on any atom is -0.470 e. The molecule has 4 aromatic heterocycles. The number of benzene rings is 2. The second kappa shape index (κ2) is 16.8. The number of ether oxygens (including phenoxy) is 2. The third kappa shape index (κ3) is 6.87. The quantitative estimate of drug-likeness (QED) is 0.0681. The first kappa shape index (κ1) is 40.9. The summed E-state index contributed by atoms with van der Waals surface area (Å²) < 4.78 is 14.7. The molecule has 0 amide bonds. The fourth-order valence-electron chi connectivity index (χ4n) is 7.00. The van der Waals surface area contributed by atoms with Crippen LogP contribution in [0.4, 0.5) is 0 Å². The summed E-state index contributed by atoms with van der Waals surface area (Å²) in [6, 6.07) is 1.97. The van der Waals surface area contributed by atoms with Crippen molar-refractivity contribution in [2.75, 3.05) is 13.2 Å². The van der Waals surface area contributed by atoms with Crippen molar-refractivity contribution in [1.82, 2.24) is 9.13 Å². The molecule has 6 rings (SSSR count). The smallest absolute Gasteiger partial charge is 0.351 e. The van der Waals surface area contributed by atoms with Crippen molar-refractivity contribution >= 4 is 120 Å². The van der Waals surface area contributed by atoms with Crippen LogP contribution in [-0.2, 0) is 33.2 Å². The number of hydrogen-bond acceptors (Lipinski definition) is 13. The van der Waals surface area contributed by atoms with Crippen molar-refractivity contribution in [3.8, 4) is 6.07 Å². The summed E-state index contributed by atoms with van der Waals surface area (Å²) in [5, 5.41) is 10.7. The Hall–Kier alpha value is -4.74. The van der Waals surface area contributed by atoms with Crippen molar-refractivity contribution in [3.63, 3.8) is 0 Å². The number of esters is 2. The fraction of sp³-hybridized carbons (Fsp3) is 0.450. The highest BCUT2D eigenvalue weighted by atomic mass is 32.2. The molecule has 0 radical (unpaired) electrons. The van der Waals surface area contributed by atoms with E-state index in [-0.39, 0.29) is 95.1 Å². The molecule has 6 aromatic rings. The van der Waals surface area contributed by atoms with Gasteiger partial charge in [0.25, 0.3) is 27.9 Å². The summed E-state index contributed by atoms with van der Waals surface area (Å²) in [6.07, 6.45) is 7.32. The third-order valence-electron chi connectivity index (χ3n) is 10.4. The molecule has 4 heterocycles. The number of unbranched alkanes of at least 4 members (excludes halogenated alkanes) is 2. The number of hydrogen-bond donors (Lipinski definition) is 0. The fourth-order valence-corrected chi connectivity index (χ4v) is 12.4. The van der Waals surface area contributed by atoms with Gasteiger partial charge in [-0.3, -0.25) is 33.1 Å². The average molecular weight is 833 g/mol. The van der Waals surface area contributed by atoms with Crippen LogP contribution in [0.3, 0.4) is 0 Å². The molecule has 0 aliphatic rings. The molecule has 2 unspecified atom stereocenters. The summed E-state index contributed by atoms with van der Waals surface area (Å²) in [6.45, 7) is 16.4. The Morgan fingerprint density at radius 1 is 0.661 bits per heavy atom. The number of nitrogens with zero attached hydrogens (tertiary/aromatic N) is 4. The van der Waals surface area contributed by atoms with Crippen LogP contribution in [0.1, 0.15) is 79.1 Å². The van der Waals surface area contributed by atoms with Crippen molar-refractivity contribution < 1.29 is 19.1 Å². The van der Waals surface area contributed by atoms with Crippen LogP contribution in [0.5, 0.6) is 0 Å². The molecule has 292 valence electrons. The van der Waals surface area contributed by atoms with Crippen molar-refractivity contribution in [3.05, 3.63) is 60.5 Å². The zero-order chi connectivity index (χ0) is 40.6. The first-order chi connectivity index (χ1) is 26.9. The predicted molar refractivity (Wildman–Crippen MR) is 226 cm³/mol. The van der Waals surface area contributed by atoms with Crippen LogP contribution in [0.15, 0.2) is 19.2 Å². The molecule has 2 atom stereocenters. The topological polar surface area (TPSA) is 159 Å². The summed E-state index contributed by atoms with van der Waals surface area (Å²) >= 11 is 3.90. The lowest BCUT2D eigenvalue weighted by Gasteiger charge is -2.14.